The van der Waals surface area contributed by atoms with Crippen molar-refractivity contribution < 1.29 is 32.4 Å². The number of rotatable bonds is 15. The number of primary amides is 1. The van der Waals surface area contributed by atoms with Crippen LogP contribution in [0.5, 0.6) is 0 Å². The number of likely N-dealkylation sites (N-methyl/N-ethyl adjacent to an activating group) is 1. The largest absolute Gasteiger partial charge is 0.363 e. The second kappa shape index (κ2) is 14.4. The van der Waals surface area contributed by atoms with Crippen LogP contribution in [0.3, 0.4) is 0 Å². The average Bonchev–Trinajstić information content (AvgIpc) is 3.89. The molecule has 5 amide bonds. The van der Waals surface area contributed by atoms with Gasteiger partial charge in [-0.15, -0.1) is 0 Å². The summed E-state index contributed by atoms with van der Waals surface area (Å²) in [5, 5.41) is 8.53. The van der Waals surface area contributed by atoms with E-state index in [2.05, 4.69) is 16.0 Å². The van der Waals surface area contributed by atoms with Crippen molar-refractivity contribution in [2.45, 2.75) is 103 Å². The number of nitrogens with one attached hydrogen (secondary N) is 3. The highest BCUT2D eigenvalue weighted by atomic mass is 32.2. The van der Waals surface area contributed by atoms with Crippen molar-refractivity contribution in [2.24, 2.45) is 40.2 Å². The number of carbonyl (C=O) groups excluding carboxylic acids is 5. The summed E-state index contributed by atoms with van der Waals surface area (Å²) in [7, 11) is -2.34. The Morgan fingerprint density at radius 3 is 2.18 bits per heavy atom. The summed E-state index contributed by atoms with van der Waals surface area (Å²) in [6.45, 7) is 13.7. The van der Waals surface area contributed by atoms with E-state index in [0.29, 0.717) is 19.4 Å². The molecule has 0 radical (unpaired) electrons. The third-order valence-electron chi connectivity index (χ3n) is 10.8. The van der Waals surface area contributed by atoms with E-state index in [4.69, 9.17) is 5.73 Å². The number of nitrogens with zero attached hydrogens (tertiary/aromatic N) is 2. The second-order valence-electron chi connectivity index (χ2n) is 15.9. The number of hydrogen-bond acceptors (Lipinski definition) is 7. The van der Waals surface area contributed by atoms with Crippen molar-refractivity contribution in [3.8, 4) is 0 Å². The molecule has 1 saturated heterocycles. The molecule has 49 heavy (non-hydrogen) atoms. The smallest absolute Gasteiger partial charge is 0.315 e. The van der Waals surface area contributed by atoms with Gasteiger partial charge in [-0.25, -0.2) is 13.2 Å². The Kier molecular flexibility index (Phi) is 11.2. The van der Waals surface area contributed by atoms with E-state index < -0.39 is 69.1 Å². The third-order valence-corrected chi connectivity index (χ3v) is 12.7. The Morgan fingerprint density at radius 1 is 1.04 bits per heavy atom. The summed E-state index contributed by atoms with van der Waals surface area (Å²) in [6, 6.07) is 3.86. The third kappa shape index (κ3) is 8.45. The van der Waals surface area contributed by atoms with E-state index in [9.17, 15) is 32.4 Å². The van der Waals surface area contributed by atoms with E-state index >= 15 is 0 Å². The standard InChI is InChI=1S/C35H54N6O7S/c1-9-20(2)25(19-40(8)49(47,48)22-13-11-10-12-14-22)38-33(46)39-29(34(3,4)5)32(45)41-18-23-26(35(23,6)7)27(41)31(44)37-24(17-21-15-16-21)28(42)30(36)43/h10-14,20-21,23-27,29H,9,15-19H2,1-8H3,(H2,36,43)(H,37,44)(H2,38,39,46)/t20-,23-,24?,25+,26-,27-,29+/m0/s1. The van der Waals surface area contributed by atoms with Crippen LogP contribution < -0.4 is 21.7 Å². The minimum Gasteiger partial charge on any atom is -0.363 e. The van der Waals surface area contributed by atoms with Crippen molar-refractivity contribution >= 4 is 39.6 Å². The van der Waals surface area contributed by atoms with Gasteiger partial charge >= 0.3 is 6.03 Å². The van der Waals surface area contributed by atoms with Crippen LogP contribution >= 0.6 is 0 Å². The number of ketones is 1. The van der Waals surface area contributed by atoms with Crippen LogP contribution in [0.25, 0.3) is 0 Å². The number of fused-ring (bicyclic) bond motifs is 1. The van der Waals surface area contributed by atoms with Gasteiger partial charge < -0.3 is 26.6 Å². The normalized spacial score (nSPS) is 23.9. The predicted octanol–water partition coefficient (Wildman–Crippen LogP) is 2.26. The first-order chi connectivity index (χ1) is 22.7. The van der Waals surface area contributed by atoms with E-state index in [0.717, 1.165) is 12.8 Å². The molecule has 1 aliphatic heterocycles. The van der Waals surface area contributed by atoms with Gasteiger partial charge in [-0.2, -0.15) is 4.31 Å². The summed E-state index contributed by atoms with van der Waals surface area (Å²) in [5.41, 5.74) is 4.32. The molecule has 3 fully saturated rings. The number of amides is 5. The zero-order valence-electron chi connectivity index (χ0n) is 30.0. The van der Waals surface area contributed by atoms with Gasteiger partial charge in [-0.3, -0.25) is 19.2 Å². The van der Waals surface area contributed by atoms with E-state index in [1.54, 1.807) is 18.2 Å². The summed E-state index contributed by atoms with van der Waals surface area (Å²) in [6.07, 6.45) is 2.79. The molecule has 4 rings (SSSR count). The van der Waals surface area contributed by atoms with Crippen LogP contribution in [0.1, 0.15) is 74.1 Å². The number of piperidine rings is 1. The first-order valence-electron chi connectivity index (χ1n) is 17.2. The number of likely N-dealkylation sites (tertiary alicyclic amines) is 1. The molecule has 0 spiro atoms. The van der Waals surface area contributed by atoms with Gasteiger partial charge in [0.1, 0.15) is 12.1 Å². The highest BCUT2D eigenvalue weighted by molar-refractivity contribution is 7.89. The molecule has 2 saturated carbocycles. The number of Topliss-reactive ketones (excluding diaryl/α,β-unsaturated/α-hetero) is 1. The molecule has 0 bridgehead atoms. The van der Waals surface area contributed by atoms with E-state index in [1.807, 2.05) is 48.5 Å². The summed E-state index contributed by atoms with van der Waals surface area (Å²) < 4.78 is 27.7. The predicted molar refractivity (Wildman–Crippen MR) is 184 cm³/mol. The number of nitrogens with two attached hydrogens (primary N) is 1. The minimum atomic E-state index is -3.81. The fourth-order valence-corrected chi connectivity index (χ4v) is 8.33. The number of benzene rings is 1. The lowest BCUT2D eigenvalue weighted by atomic mass is 9.85. The Bertz CT molecular complexity index is 1540. The molecule has 2 aliphatic carbocycles. The molecule has 1 heterocycles. The zero-order chi connectivity index (χ0) is 36.6. The van der Waals surface area contributed by atoms with Crippen LogP contribution in [0.4, 0.5) is 4.79 Å². The number of hydrogen-bond donors (Lipinski definition) is 4. The van der Waals surface area contributed by atoms with Crippen LogP contribution in [0.15, 0.2) is 35.2 Å². The van der Waals surface area contributed by atoms with Crippen LogP contribution in [-0.2, 0) is 29.2 Å². The van der Waals surface area contributed by atoms with Gasteiger partial charge in [0.2, 0.25) is 27.6 Å². The Hall–Kier alpha value is -3.52. The minimum absolute atomic E-state index is 0.00659. The van der Waals surface area contributed by atoms with E-state index in [-0.39, 0.29) is 40.5 Å². The van der Waals surface area contributed by atoms with Crippen molar-refractivity contribution in [1.29, 1.82) is 0 Å². The highest BCUT2D eigenvalue weighted by Gasteiger charge is 2.70. The highest BCUT2D eigenvalue weighted by Crippen LogP contribution is 2.65. The van der Waals surface area contributed by atoms with Crippen molar-refractivity contribution in [2.75, 3.05) is 20.1 Å². The second-order valence-corrected chi connectivity index (χ2v) is 17.9. The van der Waals surface area contributed by atoms with Crippen LogP contribution in [0.2, 0.25) is 0 Å². The van der Waals surface area contributed by atoms with Gasteiger partial charge in [-0.1, -0.05) is 85.9 Å². The van der Waals surface area contributed by atoms with Gasteiger partial charge in [-0.05, 0) is 53.1 Å². The van der Waals surface area contributed by atoms with Crippen molar-refractivity contribution in [3.63, 3.8) is 0 Å². The quantitative estimate of drug-likeness (QED) is 0.202. The Labute approximate surface area is 290 Å². The molecule has 5 N–H and O–H groups in total. The van der Waals surface area contributed by atoms with Crippen molar-refractivity contribution in [1.82, 2.24) is 25.2 Å². The molecule has 1 aromatic rings. The lowest BCUT2D eigenvalue weighted by molar-refractivity contribution is -0.145. The van der Waals surface area contributed by atoms with Crippen LogP contribution in [0, 0.1) is 34.5 Å². The molecule has 7 atom stereocenters. The molecule has 1 aromatic carbocycles. The van der Waals surface area contributed by atoms with Gasteiger partial charge in [0.15, 0.2) is 0 Å². The maximum atomic E-state index is 14.4. The first-order valence-corrected chi connectivity index (χ1v) is 18.7. The van der Waals surface area contributed by atoms with Gasteiger partial charge in [0, 0.05) is 26.2 Å². The summed E-state index contributed by atoms with van der Waals surface area (Å²) in [4.78, 5) is 67.9. The maximum absolute atomic E-state index is 14.4. The molecule has 272 valence electrons. The zero-order valence-corrected chi connectivity index (χ0v) is 30.8. The number of sulfonamides is 1. The Morgan fingerprint density at radius 2 is 1.65 bits per heavy atom. The molecule has 0 aromatic heterocycles. The number of urea groups is 1. The monoisotopic (exact) mass is 702 g/mol. The lowest BCUT2D eigenvalue weighted by Crippen LogP contribution is -2.62. The van der Waals surface area contributed by atoms with Gasteiger partial charge in [0.25, 0.3) is 5.91 Å². The topological polar surface area (TPSA) is 188 Å². The van der Waals surface area contributed by atoms with Gasteiger partial charge in [0.05, 0.1) is 10.9 Å². The molecule has 3 aliphatic rings. The first kappa shape index (κ1) is 38.3. The molecular weight excluding hydrogens is 648 g/mol. The molecule has 13 nitrogen and oxygen atoms in total. The summed E-state index contributed by atoms with van der Waals surface area (Å²) >= 11 is 0. The van der Waals surface area contributed by atoms with E-state index in [1.165, 1.54) is 28.4 Å². The molecule has 14 heteroatoms. The SMILES string of the molecule is CC[C@H](C)[C@@H](CN(C)S(=O)(=O)c1ccccc1)NC(=O)N[C@H](C(=O)N1C[C@H]2[C@@H]([C@H]1C(=O)NC(CC1CC1)C(=O)C(N)=O)C2(C)C)C(C)(C)C. The Balaban J connectivity index is 1.51. The number of carbonyl (C=O) groups is 5. The average molecular weight is 703 g/mol. The fourth-order valence-electron chi connectivity index (χ4n) is 7.12. The van der Waals surface area contributed by atoms with Crippen LogP contribution in [-0.4, -0.2) is 91.5 Å². The summed E-state index contributed by atoms with van der Waals surface area (Å²) in [5.74, 6) is -2.90. The molecular formula is C35H54N6O7S. The lowest BCUT2D eigenvalue weighted by Gasteiger charge is -2.38. The van der Waals surface area contributed by atoms with Crippen molar-refractivity contribution in [3.05, 3.63) is 30.3 Å². The molecule has 1 unspecified atom stereocenters. The maximum Gasteiger partial charge on any atom is 0.315 e. The fraction of sp³-hybridized carbons (Fsp3) is 0.686.